The summed E-state index contributed by atoms with van der Waals surface area (Å²) in [6, 6.07) is 6.76. The molecule has 0 aliphatic heterocycles. The second kappa shape index (κ2) is 5.72. The van der Waals surface area contributed by atoms with Gasteiger partial charge in [0.05, 0.1) is 17.1 Å². The molecule has 1 aromatic carbocycles. The lowest BCUT2D eigenvalue weighted by molar-refractivity contribution is -0.135. The predicted molar refractivity (Wildman–Crippen MR) is 70.4 cm³/mol. The van der Waals surface area contributed by atoms with Gasteiger partial charge in [-0.25, -0.2) is 8.42 Å². The summed E-state index contributed by atoms with van der Waals surface area (Å²) < 4.78 is 22.3. The zero-order valence-electron chi connectivity index (χ0n) is 10.0. The number of anilines is 2. The van der Waals surface area contributed by atoms with E-state index < -0.39 is 15.8 Å². The number of rotatable bonds is 6. The van der Waals surface area contributed by atoms with Crippen LogP contribution in [0.2, 0.25) is 0 Å². The third-order valence-electron chi connectivity index (χ3n) is 2.34. The Balaban J connectivity index is 2.91. The highest BCUT2D eigenvalue weighted by Crippen LogP contribution is 2.22. The number of hydrogen-bond acceptors (Lipinski definition) is 5. The standard InChI is InChI=1S/C11H16N2O4S/c1-18(16,17)7-6-13(8-11(14)15)10-5-3-2-4-9(10)12/h2-5H,6-8,12H2,1H3,(H,14,15). The molecule has 0 bridgehead atoms. The Morgan fingerprint density at radius 2 is 2.00 bits per heavy atom. The largest absolute Gasteiger partial charge is 0.480 e. The lowest BCUT2D eigenvalue weighted by atomic mass is 10.2. The predicted octanol–water partition coefficient (Wildman–Crippen LogP) is 0.204. The number of carbonyl (C=O) groups is 1. The molecule has 0 radical (unpaired) electrons. The van der Waals surface area contributed by atoms with Crippen LogP contribution in [0.4, 0.5) is 11.4 Å². The minimum Gasteiger partial charge on any atom is -0.480 e. The van der Waals surface area contributed by atoms with Crippen molar-refractivity contribution in [3.8, 4) is 0 Å². The first-order valence-corrected chi connectivity index (χ1v) is 7.34. The van der Waals surface area contributed by atoms with E-state index in [1.165, 1.54) is 4.90 Å². The minimum atomic E-state index is -3.15. The average molecular weight is 272 g/mol. The monoisotopic (exact) mass is 272 g/mol. The van der Waals surface area contributed by atoms with Gasteiger partial charge in [0.2, 0.25) is 0 Å². The molecule has 0 heterocycles. The Hall–Kier alpha value is -1.76. The lowest BCUT2D eigenvalue weighted by Crippen LogP contribution is -2.34. The molecule has 6 nitrogen and oxygen atoms in total. The molecule has 0 aliphatic carbocycles. The summed E-state index contributed by atoms with van der Waals surface area (Å²) in [5.74, 6) is -1.15. The molecule has 0 aliphatic rings. The molecule has 0 spiro atoms. The fraction of sp³-hybridized carbons (Fsp3) is 0.364. The third-order valence-corrected chi connectivity index (χ3v) is 3.26. The van der Waals surface area contributed by atoms with Crippen LogP contribution < -0.4 is 10.6 Å². The molecule has 0 saturated carbocycles. The number of nitrogens with two attached hydrogens (primary N) is 1. The number of para-hydroxylation sites is 2. The Kier molecular flexibility index (Phi) is 4.55. The lowest BCUT2D eigenvalue weighted by Gasteiger charge is -2.23. The highest BCUT2D eigenvalue weighted by molar-refractivity contribution is 7.90. The second-order valence-corrected chi connectivity index (χ2v) is 6.26. The van der Waals surface area contributed by atoms with Crippen molar-refractivity contribution in [2.45, 2.75) is 0 Å². The van der Waals surface area contributed by atoms with E-state index in [1.807, 2.05) is 0 Å². The van der Waals surface area contributed by atoms with Gasteiger partial charge in [-0.3, -0.25) is 4.79 Å². The summed E-state index contributed by atoms with van der Waals surface area (Å²) >= 11 is 0. The Labute approximate surface area is 106 Å². The SMILES string of the molecule is CS(=O)(=O)CCN(CC(=O)O)c1ccccc1N. The number of nitrogen functional groups attached to an aromatic ring is 1. The van der Waals surface area contributed by atoms with E-state index in [0.717, 1.165) is 6.26 Å². The van der Waals surface area contributed by atoms with Crippen molar-refractivity contribution in [3.05, 3.63) is 24.3 Å². The zero-order valence-corrected chi connectivity index (χ0v) is 10.9. The van der Waals surface area contributed by atoms with Gasteiger partial charge >= 0.3 is 5.97 Å². The smallest absolute Gasteiger partial charge is 0.323 e. The molecule has 0 aromatic heterocycles. The number of carboxylic acid groups (broad SMARTS) is 1. The molecule has 0 atom stereocenters. The van der Waals surface area contributed by atoms with Crippen LogP contribution in [0, 0.1) is 0 Å². The molecule has 7 heteroatoms. The first-order valence-electron chi connectivity index (χ1n) is 5.28. The number of benzene rings is 1. The zero-order chi connectivity index (χ0) is 13.8. The van der Waals surface area contributed by atoms with E-state index in [-0.39, 0.29) is 18.8 Å². The van der Waals surface area contributed by atoms with Gasteiger partial charge in [-0.05, 0) is 12.1 Å². The minimum absolute atomic E-state index is 0.0966. The molecule has 0 unspecified atom stereocenters. The van der Waals surface area contributed by atoms with Crippen LogP contribution in [0.25, 0.3) is 0 Å². The number of aliphatic carboxylic acids is 1. The van der Waals surface area contributed by atoms with Crippen molar-refractivity contribution in [3.63, 3.8) is 0 Å². The Bertz CT molecular complexity index is 528. The highest BCUT2D eigenvalue weighted by atomic mass is 32.2. The molecule has 18 heavy (non-hydrogen) atoms. The van der Waals surface area contributed by atoms with Gasteiger partial charge in [-0.1, -0.05) is 12.1 Å². The summed E-state index contributed by atoms with van der Waals surface area (Å²) in [6.45, 7) is -0.191. The van der Waals surface area contributed by atoms with E-state index >= 15 is 0 Å². The molecule has 100 valence electrons. The fourth-order valence-corrected chi connectivity index (χ4v) is 2.05. The van der Waals surface area contributed by atoms with E-state index in [1.54, 1.807) is 24.3 Å². The normalized spacial score (nSPS) is 11.2. The number of nitrogens with zero attached hydrogens (tertiary/aromatic N) is 1. The van der Waals surface area contributed by atoms with Crippen LogP contribution in [-0.4, -0.2) is 44.6 Å². The van der Waals surface area contributed by atoms with Gasteiger partial charge in [0.1, 0.15) is 16.4 Å². The Morgan fingerprint density at radius 1 is 1.39 bits per heavy atom. The van der Waals surface area contributed by atoms with E-state index in [2.05, 4.69) is 0 Å². The van der Waals surface area contributed by atoms with Crippen LogP contribution in [0.1, 0.15) is 0 Å². The summed E-state index contributed by atoms with van der Waals surface area (Å²) in [5.41, 5.74) is 6.71. The third kappa shape index (κ3) is 4.62. The summed E-state index contributed by atoms with van der Waals surface area (Å²) in [7, 11) is -3.15. The van der Waals surface area contributed by atoms with Gasteiger partial charge in [0.15, 0.2) is 0 Å². The highest BCUT2D eigenvalue weighted by Gasteiger charge is 2.15. The molecular weight excluding hydrogens is 256 g/mol. The maximum Gasteiger partial charge on any atom is 0.323 e. The van der Waals surface area contributed by atoms with Gasteiger partial charge in [0.25, 0.3) is 0 Å². The molecule has 1 rings (SSSR count). The maximum atomic E-state index is 11.1. The van der Waals surface area contributed by atoms with E-state index in [4.69, 9.17) is 10.8 Å². The van der Waals surface area contributed by atoms with Gasteiger partial charge in [-0.2, -0.15) is 0 Å². The topological polar surface area (TPSA) is 101 Å². The average Bonchev–Trinajstić information content (AvgIpc) is 2.23. The van der Waals surface area contributed by atoms with Crippen LogP contribution >= 0.6 is 0 Å². The molecule has 0 saturated heterocycles. The second-order valence-electron chi connectivity index (χ2n) is 4.00. The van der Waals surface area contributed by atoms with Crippen molar-refractivity contribution in [2.24, 2.45) is 0 Å². The van der Waals surface area contributed by atoms with Crippen molar-refractivity contribution in [1.82, 2.24) is 0 Å². The van der Waals surface area contributed by atoms with E-state index in [0.29, 0.717) is 11.4 Å². The first-order chi connectivity index (χ1) is 8.29. The number of hydrogen-bond donors (Lipinski definition) is 2. The van der Waals surface area contributed by atoms with Gasteiger partial charge < -0.3 is 15.7 Å². The fourth-order valence-electron chi connectivity index (χ4n) is 1.50. The quantitative estimate of drug-likeness (QED) is 0.718. The molecule has 1 aromatic rings. The van der Waals surface area contributed by atoms with Crippen LogP contribution in [0.5, 0.6) is 0 Å². The summed E-state index contributed by atoms with van der Waals surface area (Å²) in [4.78, 5) is 12.2. The summed E-state index contributed by atoms with van der Waals surface area (Å²) in [6.07, 6.45) is 1.11. The number of sulfone groups is 1. The molecule has 0 amide bonds. The molecular formula is C11H16N2O4S. The van der Waals surface area contributed by atoms with Gasteiger partial charge in [-0.15, -0.1) is 0 Å². The van der Waals surface area contributed by atoms with Crippen LogP contribution in [-0.2, 0) is 14.6 Å². The van der Waals surface area contributed by atoms with Gasteiger partial charge in [0, 0.05) is 12.8 Å². The van der Waals surface area contributed by atoms with Crippen LogP contribution in [0.3, 0.4) is 0 Å². The Morgan fingerprint density at radius 3 is 2.50 bits per heavy atom. The molecule has 0 fully saturated rings. The summed E-state index contributed by atoms with van der Waals surface area (Å²) in [5, 5.41) is 8.83. The molecule has 3 N–H and O–H groups in total. The van der Waals surface area contributed by atoms with Crippen molar-refractivity contribution >= 4 is 27.2 Å². The van der Waals surface area contributed by atoms with Crippen molar-refractivity contribution in [2.75, 3.05) is 35.7 Å². The maximum absolute atomic E-state index is 11.1. The first kappa shape index (κ1) is 14.3. The number of carboxylic acids is 1. The van der Waals surface area contributed by atoms with E-state index in [9.17, 15) is 13.2 Å². The van der Waals surface area contributed by atoms with Crippen molar-refractivity contribution < 1.29 is 18.3 Å². The van der Waals surface area contributed by atoms with Crippen molar-refractivity contribution in [1.29, 1.82) is 0 Å². The van der Waals surface area contributed by atoms with Crippen LogP contribution in [0.15, 0.2) is 24.3 Å².